The van der Waals surface area contributed by atoms with Gasteiger partial charge in [0.2, 0.25) is 0 Å². The van der Waals surface area contributed by atoms with Gasteiger partial charge in [-0.25, -0.2) is 9.97 Å². The third-order valence-electron chi connectivity index (χ3n) is 5.32. The minimum absolute atomic E-state index is 0.543. The number of nitrogens with two attached hydrogens (primary N) is 1. The first-order chi connectivity index (χ1) is 16.6. The van der Waals surface area contributed by atoms with Gasteiger partial charge in [-0.2, -0.15) is 5.10 Å². The molecule has 5 aromatic rings. The van der Waals surface area contributed by atoms with Crippen molar-refractivity contribution in [1.82, 2.24) is 35.0 Å². The summed E-state index contributed by atoms with van der Waals surface area (Å²) in [6.45, 7) is 0.804. The Labute approximate surface area is 200 Å². The van der Waals surface area contributed by atoms with Gasteiger partial charge in [0.1, 0.15) is 17.1 Å². The predicted molar refractivity (Wildman–Crippen MR) is 136 cm³/mol. The number of pyridine rings is 2. The quantitative estimate of drug-likeness (QED) is 0.328. The van der Waals surface area contributed by atoms with E-state index in [4.69, 9.17) is 17.1 Å². The van der Waals surface area contributed by atoms with Crippen molar-refractivity contribution in [2.75, 3.05) is 14.1 Å². The van der Waals surface area contributed by atoms with E-state index < -0.39 is 0 Å². The fourth-order valence-electron chi connectivity index (χ4n) is 3.83. The van der Waals surface area contributed by atoms with Gasteiger partial charge in [-0.15, -0.1) is 17.8 Å². The van der Waals surface area contributed by atoms with Crippen molar-refractivity contribution in [3.8, 4) is 35.0 Å². The second kappa shape index (κ2) is 8.94. The zero-order valence-electron chi connectivity index (χ0n) is 18.7. The third kappa shape index (κ3) is 3.96. The Morgan fingerprint density at radius 1 is 1.24 bits per heavy atom. The highest BCUT2D eigenvalue weighted by molar-refractivity contribution is 7.11. The standard InChI is InChI=1S/C25H22N8S/c1-4-20-22(19(10-26)21-6-5-7-34-21)30-25(29-20)23-18-9-17(13-28-24(18)32-31-23)16-8-15(11-27-12-16)14-33(2)3/h1,5-13H,14,26H2,2-3H3,(H,29,30)(H,28,31,32)/b19-10-. The Hall–Kier alpha value is -4.26. The molecular formula is C25H22N8S. The van der Waals surface area contributed by atoms with Crippen LogP contribution in [0, 0.1) is 12.3 Å². The van der Waals surface area contributed by atoms with Crippen LogP contribution in [0.3, 0.4) is 0 Å². The molecule has 168 valence electrons. The maximum Gasteiger partial charge on any atom is 0.160 e. The van der Waals surface area contributed by atoms with Crippen LogP contribution in [0.25, 0.3) is 39.3 Å². The van der Waals surface area contributed by atoms with Gasteiger partial charge in [-0.3, -0.25) is 10.1 Å². The molecule has 0 bridgehead atoms. The smallest absolute Gasteiger partial charge is 0.160 e. The normalized spacial score (nSPS) is 11.9. The molecule has 0 unspecified atom stereocenters. The summed E-state index contributed by atoms with van der Waals surface area (Å²) in [6.07, 6.45) is 12.8. The maximum atomic E-state index is 5.95. The van der Waals surface area contributed by atoms with Crippen molar-refractivity contribution >= 4 is 27.9 Å². The molecule has 0 saturated carbocycles. The van der Waals surface area contributed by atoms with Gasteiger partial charge in [-0.1, -0.05) is 12.0 Å². The summed E-state index contributed by atoms with van der Waals surface area (Å²) in [5.74, 6) is 3.23. The summed E-state index contributed by atoms with van der Waals surface area (Å²) in [5.41, 5.74) is 12.2. The number of aromatic nitrogens is 6. The zero-order chi connectivity index (χ0) is 23.7. The summed E-state index contributed by atoms with van der Waals surface area (Å²) in [6, 6.07) is 8.10. The van der Waals surface area contributed by atoms with E-state index in [-0.39, 0.29) is 0 Å². The number of thiophene rings is 1. The lowest BCUT2D eigenvalue weighted by Gasteiger charge is -2.10. The monoisotopic (exact) mass is 466 g/mol. The number of H-pyrrole nitrogens is 2. The van der Waals surface area contributed by atoms with E-state index in [9.17, 15) is 0 Å². The number of rotatable bonds is 6. The van der Waals surface area contributed by atoms with Gasteiger partial charge in [0.05, 0.1) is 5.39 Å². The summed E-state index contributed by atoms with van der Waals surface area (Å²) in [4.78, 5) is 20.1. The highest BCUT2D eigenvalue weighted by Crippen LogP contribution is 2.32. The largest absolute Gasteiger partial charge is 0.404 e. The van der Waals surface area contributed by atoms with E-state index in [1.54, 1.807) is 11.3 Å². The minimum Gasteiger partial charge on any atom is -0.404 e. The third-order valence-corrected chi connectivity index (χ3v) is 6.23. The predicted octanol–water partition coefficient (Wildman–Crippen LogP) is 3.86. The molecule has 0 aliphatic heterocycles. The number of hydrogen-bond acceptors (Lipinski definition) is 7. The molecule has 0 aliphatic carbocycles. The molecular weight excluding hydrogens is 444 g/mol. The summed E-state index contributed by atoms with van der Waals surface area (Å²) >= 11 is 1.57. The van der Waals surface area contributed by atoms with E-state index in [2.05, 4.69) is 42.0 Å². The lowest BCUT2D eigenvalue weighted by molar-refractivity contribution is 0.402. The van der Waals surface area contributed by atoms with Crippen LogP contribution in [0.4, 0.5) is 0 Å². The average Bonchev–Trinajstić information content (AvgIpc) is 3.59. The van der Waals surface area contributed by atoms with Crippen molar-refractivity contribution in [1.29, 1.82) is 0 Å². The Bertz CT molecular complexity index is 1530. The van der Waals surface area contributed by atoms with E-state index in [1.165, 1.54) is 6.20 Å². The number of nitrogens with one attached hydrogen (secondary N) is 2. The lowest BCUT2D eigenvalue weighted by atomic mass is 10.1. The molecule has 0 radical (unpaired) electrons. The fraction of sp³-hybridized carbons (Fsp3) is 0.120. The lowest BCUT2D eigenvalue weighted by Crippen LogP contribution is -2.10. The van der Waals surface area contributed by atoms with Gasteiger partial charge in [0.25, 0.3) is 0 Å². The van der Waals surface area contributed by atoms with Crippen LogP contribution in [0.2, 0.25) is 0 Å². The fourth-order valence-corrected chi connectivity index (χ4v) is 4.59. The van der Waals surface area contributed by atoms with Gasteiger partial charge in [0, 0.05) is 52.9 Å². The molecule has 0 atom stereocenters. The molecule has 0 fully saturated rings. The molecule has 5 aromatic heterocycles. The van der Waals surface area contributed by atoms with Crippen molar-refractivity contribution in [3.05, 3.63) is 76.3 Å². The molecule has 34 heavy (non-hydrogen) atoms. The highest BCUT2D eigenvalue weighted by Gasteiger charge is 2.20. The molecule has 5 heterocycles. The molecule has 0 saturated heterocycles. The Balaban J connectivity index is 1.58. The molecule has 9 heteroatoms. The van der Waals surface area contributed by atoms with Gasteiger partial charge in [-0.05, 0) is 43.2 Å². The van der Waals surface area contributed by atoms with Crippen molar-refractivity contribution in [3.63, 3.8) is 0 Å². The first-order valence-electron chi connectivity index (χ1n) is 10.5. The number of imidazole rings is 1. The van der Waals surface area contributed by atoms with Crippen LogP contribution in [-0.4, -0.2) is 49.1 Å². The molecule has 4 N–H and O–H groups in total. The van der Waals surface area contributed by atoms with Crippen LogP contribution >= 0.6 is 11.3 Å². The topological polar surface area (TPSA) is 112 Å². The Morgan fingerprint density at radius 3 is 2.82 bits per heavy atom. The number of aromatic amines is 2. The molecule has 0 spiro atoms. The number of terminal acetylenes is 1. The maximum absolute atomic E-state index is 5.95. The van der Waals surface area contributed by atoms with E-state index in [1.807, 2.05) is 56.3 Å². The minimum atomic E-state index is 0.543. The number of hydrogen-bond donors (Lipinski definition) is 3. The van der Waals surface area contributed by atoms with Crippen LogP contribution in [0.5, 0.6) is 0 Å². The molecule has 0 aromatic carbocycles. The average molecular weight is 467 g/mol. The molecule has 8 nitrogen and oxygen atoms in total. The molecule has 0 amide bonds. The molecule has 0 aliphatic rings. The van der Waals surface area contributed by atoms with Crippen molar-refractivity contribution < 1.29 is 0 Å². The van der Waals surface area contributed by atoms with Gasteiger partial charge >= 0.3 is 0 Å². The van der Waals surface area contributed by atoms with Crippen molar-refractivity contribution in [2.24, 2.45) is 5.73 Å². The van der Waals surface area contributed by atoms with Crippen LogP contribution < -0.4 is 5.73 Å². The van der Waals surface area contributed by atoms with Crippen LogP contribution in [0.15, 0.2) is 54.4 Å². The zero-order valence-corrected chi connectivity index (χ0v) is 19.5. The number of fused-ring (bicyclic) bond motifs is 1. The van der Waals surface area contributed by atoms with E-state index >= 15 is 0 Å². The second-order valence-corrected chi connectivity index (χ2v) is 8.97. The van der Waals surface area contributed by atoms with Crippen LogP contribution in [0.1, 0.15) is 21.8 Å². The second-order valence-electron chi connectivity index (χ2n) is 8.02. The van der Waals surface area contributed by atoms with Gasteiger partial charge in [0.15, 0.2) is 11.5 Å². The number of nitrogens with zero attached hydrogens (tertiary/aromatic N) is 5. The highest BCUT2D eigenvalue weighted by atomic mass is 32.1. The Morgan fingerprint density at radius 2 is 2.09 bits per heavy atom. The summed E-state index contributed by atoms with van der Waals surface area (Å²) < 4.78 is 0. The SMILES string of the molecule is C#Cc1[nH]c(-c2n[nH]c3ncc(-c4cncc(CN(C)C)c4)cc23)nc1/C(=C\N)c1cccs1. The molecule has 5 rings (SSSR count). The summed E-state index contributed by atoms with van der Waals surface area (Å²) in [7, 11) is 4.06. The van der Waals surface area contributed by atoms with Crippen LogP contribution in [-0.2, 0) is 6.54 Å². The van der Waals surface area contributed by atoms with Crippen molar-refractivity contribution in [2.45, 2.75) is 6.54 Å². The first kappa shape index (κ1) is 21.6. The first-order valence-corrected chi connectivity index (χ1v) is 11.4. The van der Waals surface area contributed by atoms with Gasteiger partial charge < -0.3 is 15.6 Å². The Kier molecular flexibility index (Phi) is 5.67. The van der Waals surface area contributed by atoms with E-state index in [0.29, 0.717) is 28.6 Å². The summed E-state index contributed by atoms with van der Waals surface area (Å²) in [5, 5.41) is 10.3. The van der Waals surface area contributed by atoms with E-state index in [0.717, 1.165) is 39.1 Å².